The summed E-state index contributed by atoms with van der Waals surface area (Å²) in [6, 6.07) is 53.7. The zero-order chi connectivity index (χ0) is 80.1. The topological polar surface area (TPSA) is 398 Å². The molecule has 5 heterocycles. The maximum atomic E-state index is 13.5. The number of anilines is 3. The van der Waals surface area contributed by atoms with Crippen LogP contribution in [0.1, 0.15) is 107 Å². The number of sulfonamides is 2. The first-order valence-electron chi connectivity index (χ1n) is 36.6. The molecule has 114 heavy (non-hydrogen) atoms. The zero-order valence-electron chi connectivity index (χ0n) is 62.9. The normalized spacial score (nSPS) is 16.8. The molecule has 5 fully saturated rings. The molecule has 5 aliphatic rings. The molecule has 5 saturated carbocycles. The first-order chi connectivity index (χ1) is 54.9. The number of amides is 3. The number of hydrogen-bond acceptors (Lipinski definition) is 22. The van der Waals surface area contributed by atoms with Crippen LogP contribution in [0, 0.1) is 36.3 Å². The predicted molar refractivity (Wildman–Crippen MR) is 417 cm³/mol. The molecule has 18 rings (SSSR count). The number of para-hydroxylation sites is 1. The average Bonchev–Trinajstić information content (AvgIpc) is 1.65. The Morgan fingerprint density at radius 2 is 0.763 bits per heavy atom. The maximum Gasteiger partial charge on any atom is 0.255 e. The van der Waals surface area contributed by atoms with Crippen LogP contribution in [0.25, 0.3) is 56.9 Å². The van der Waals surface area contributed by atoms with Crippen molar-refractivity contribution in [3.05, 3.63) is 228 Å². The summed E-state index contributed by atoms with van der Waals surface area (Å²) in [6.45, 7) is 2.01. The van der Waals surface area contributed by atoms with E-state index >= 15 is 0 Å². The second kappa shape index (κ2) is 35.3. The Morgan fingerprint density at radius 3 is 1.13 bits per heavy atom. The van der Waals surface area contributed by atoms with Gasteiger partial charge in [-0.05, 0) is 256 Å². The van der Waals surface area contributed by atoms with Gasteiger partial charge in [0.15, 0.2) is 29.1 Å². The number of aromatic nitrogens is 20. The highest BCUT2D eigenvalue weighted by atomic mass is 32.2. The molecule has 0 aliphatic heterocycles. The van der Waals surface area contributed by atoms with Crippen LogP contribution in [0.15, 0.2) is 204 Å². The molecule has 4 bridgehead atoms. The lowest BCUT2D eigenvalue weighted by Gasteiger charge is -2.56. The Balaban J connectivity index is 0.000000125. The SMILES string of the molecule is Cc1ccc(NC(=O)c2ccc(-c3nnnn3C)cc2)cc1.Cn1nnnc1-c1ccc(C(=O)Nc2cccc(F)c2)cc1.Cn1nnnc1-c1ccc(C(=O)Nc2ccccc2F)cc1.Cn1nnnc1-c1ccc(S(=O)(=O)NC23CC4CC(CC(C4)C2)C3)cc1.Cn1nnnc1-c1ccc(S(=O)(=O)NC2CCCCC2)cc1. The van der Waals surface area contributed by atoms with Crippen LogP contribution in [0.5, 0.6) is 0 Å². The number of tetrazole rings is 5. The molecule has 5 N–H and O–H groups in total. The summed E-state index contributed by atoms with van der Waals surface area (Å²) in [6.07, 6.45) is 12.1. The minimum Gasteiger partial charge on any atom is -0.322 e. The largest absolute Gasteiger partial charge is 0.322 e. The highest BCUT2D eigenvalue weighted by molar-refractivity contribution is 7.89. The Kier molecular flexibility index (Phi) is 24.5. The summed E-state index contributed by atoms with van der Waals surface area (Å²) >= 11 is 0. The van der Waals surface area contributed by atoms with Crippen LogP contribution in [0.4, 0.5) is 25.8 Å². The highest BCUT2D eigenvalue weighted by Crippen LogP contribution is 2.56. The van der Waals surface area contributed by atoms with Crippen molar-refractivity contribution in [1.29, 1.82) is 0 Å². The number of aryl methyl sites for hydroxylation is 6. The molecule has 0 saturated heterocycles. The number of rotatable bonds is 17. The van der Waals surface area contributed by atoms with Gasteiger partial charge in [-0.1, -0.05) is 91.6 Å². The Hall–Kier alpha value is -12.8. The number of carbonyl (C=O) groups excluding carboxylic acids is 3. The van der Waals surface area contributed by atoms with E-state index in [1.807, 2.05) is 43.3 Å². The van der Waals surface area contributed by atoms with Gasteiger partial charge in [0.1, 0.15) is 11.6 Å². The van der Waals surface area contributed by atoms with Crippen molar-refractivity contribution in [1.82, 2.24) is 110 Å². The van der Waals surface area contributed by atoms with Crippen molar-refractivity contribution in [2.24, 2.45) is 53.0 Å². The minimum absolute atomic E-state index is 0.0568. The van der Waals surface area contributed by atoms with Crippen LogP contribution in [0.3, 0.4) is 0 Å². The lowest BCUT2D eigenvalue weighted by Crippen LogP contribution is -2.59. The van der Waals surface area contributed by atoms with E-state index in [9.17, 15) is 40.0 Å². The van der Waals surface area contributed by atoms with E-state index < -0.39 is 31.7 Å². The minimum atomic E-state index is -3.53. The Morgan fingerprint density at radius 1 is 0.404 bits per heavy atom. The Labute approximate surface area is 654 Å². The van der Waals surface area contributed by atoms with Crippen LogP contribution in [-0.4, -0.2) is 147 Å². The predicted octanol–water partition coefficient (Wildman–Crippen LogP) is 10.6. The van der Waals surface area contributed by atoms with Gasteiger partial charge in [-0.2, -0.15) is 0 Å². The third kappa shape index (κ3) is 19.7. The second-order valence-corrected chi connectivity index (χ2v) is 31.8. The highest BCUT2D eigenvalue weighted by Gasteiger charge is 2.52. The molecule has 5 aromatic heterocycles. The van der Waals surface area contributed by atoms with E-state index in [0.717, 1.165) is 84.0 Å². The number of hydrogen-bond donors (Lipinski definition) is 5. The molecular weight excluding hydrogens is 1500 g/mol. The first-order valence-corrected chi connectivity index (χ1v) is 39.6. The fraction of sp³-hybridized carbons (Fsp3) is 0.282. The molecular formula is C78H81F2N25O7S2. The molecule has 3 amide bonds. The summed E-state index contributed by atoms with van der Waals surface area (Å²) in [4.78, 5) is 37.0. The average molecular weight is 1580 g/mol. The number of nitrogens with one attached hydrogen (secondary N) is 5. The summed E-state index contributed by atoms with van der Waals surface area (Å²) in [5, 5.41) is 64.4. The molecule has 32 nitrogen and oxygen atoms in total. The first kappa shape index (κ1) is 79.3. The Bertz CT molecular complexity index is 5690. The maximum absolute atomic E-state index is 13.5. The lowest BCUT2D eigenvalue weighted by molar-refractivity contribution is -0.00811. The number of benzene rings is 8. The van der Waals surface area contributed by atoms with Crippen LogP contribution >= 0.6 is 0 Å². The zero-order valence-corrected chi connectivity index (χ0v) is 64.6. The number of halogens is 2. The standard InChI is InChI=1S/C18H23N5O2S.C16H15N5O.2C15H12FN5O.C14H19N5O2S/c1-23-17(19-21-22-23)15-2-4-16(5-3-15)26(24,25)20-18-9-12-6-13(10-18)8-14(7-12)11-18;1-11-3-9-14(10-4-11)17-16(22)13-7-5-12(6-8-13)15-18-19-20-21(15)2;1-21-14(18-19-20-21)10-5-7-11(8-6-10)15(22)17-13-4-2-3-12(16)9-13;1-21-14(18-19-20-21)10-6-8-11(9-7-10)15(22)17-13-5-3-2-4-12(13)16;1-19-14(15-17-18-19)11-7-9-13(10-8-11)22(20,21)16-12-5-3-2-4-6-12/h2-5,12-14,20H,6-11H2,1H3;3-10H,1-2H3,(H,17,22);2*2-9H,1H3,(H,17,22);7-10,12,16H,2-6H2,1H3. The fourth-order valence-corrected chi connectivity index (χ4v) is 17.4. The van der Waals surface area contributed by atoms with Crippen LogP contribution < -0.4 is 25.4 Å². The van der Waals surface area contributed by atoms with Crippen molar-refractivity contribution in [3.8, 4) is 56.9 Å². The van der Waals surface area contributed by atoms with Crippen molar-refractivity contribution >= 4 is 54.8 Å². The number of nitrogens with zero attached hydrogens (tertiary/aromatic N) is 20. The molecule has 0 unspecified atom stereocenters. The molecule has 586 valence electrons. The molecule has 8 aromatic carbocycles. The lowest BCUT2D eigenvalue weighted by atomic mass is 9.53. The van der Waals surface area contributed by atoms with E-state index in [1.54, 1.807) is 181 Å². The summed E-state index contributed by atoms with van der Waals surface area (Å²) in [7, 11) is 1.75. The summed E-state index contributed by atoms with van der Waals surface area (Å²) < 4.78 is 91.2. The third-order valence-corrected chi connectivity index (χ3v) is 23.1. The number of carbonyl (C=O) groups is 3. The van der Waals surface area contributed by atoms with Crippen LogP contribution in [-0.2, 0) is 55.3 Å². The molecule has 13 aromatic rings. The van der Waals surface area contributed by atoms with Gasteiger partial charge in [-0.15, -0.1) is 25.5 Å². The quantitative estimate of drug-likeness (QED) is 0.0565. The van der Waals surface area contributed by atoms with Crippen molar-refractivity contribution < 1.29 is 40.0 Å². The second-order valence-electron chi connectivity index (χ2n) is 28.4. The van der Waals surface area contributed by atoms with Crippen molar-refractivity contribution in [2.45, 2.75) is 98.9 Å². The van der Waals surface area contributed by atoms with Crippen molar-refractivity contribution in [3.63, 3.8) is 0 Å². The molecule has 0 spiro atoms. The third-order valence-electron chi connectivity index (χ3n) is 20.0. The molecule has 0 radical (unpaired) electrons. The van der Waals surface area contributed by atoms with E-state index in [2.05, 4.69) is 103 Å². The van der Waals surface area contributed by atoms with E-state index in [1.165, 1.54) is 60.7 Å². The summed E-state index contributed by atoms with van der Waals surface area (Å²) in [5.74, 6) is 3.48. The smallest absolute Gasteiger partial charge is 0.255 e. The van der Waals surface area contributed by atoms with Crippen molar-refractivity contribution in [2.75, 3.05) is 16.0 Å². The van der Waals surface area contributed by atoms with Gasteiger partial charge >= 0.3 is 0 Å². The van der Waals surface area contributed by atoms with E-state index in [-0.39, 0.29) is 39.9 Å². The van der Waals surface area contributed by atoms with Gasteiger partial charge in [0, 0.05) is 103 Å². The van der Waals surface area contributed by atoms with Gasteiger partial charge in [-0.3, -0.25) is 14.4 Å². The van der Waals surface area contributed by atoms with E-state index in [4.69, 9.17) is 0 Å². The molecule has 5 aliphatic carbocycles. The molecule has 0 atom stereocenters. The summed E-state index contributed by atoms with van der Waals surface area (Å²) in [5.41, 5.74) is 7.75. The van der Waals surface area contributed by atoms with Gasteiger partial charge in [0.2, 0.25) is 20.0 Å². The van der Waals surface area contributed by atoms with Gasteiger partial charge in [-0.25, -0.2) is 58.5 Å². The van der Waals surface area contributed by atoms with Crippen LogP contribution in [0.2, 0.25) is 0 Å². The monoisotopic (exact) mass is 1580 g/mol. The molecule has 36 heteroatoms. The fourth-order valence-electron chi connectivity index (χ4n) is 14.7. The van der Waals surface area contributed by atoms with Gasteiger partial charge in [0.25, 0.3) is 17.7 Å². The van der Waals surface area contributed by atoms with Gasteiger partial charge < -0.3 is 16.0 Å². The van der Waals surface area contributed by atoms with Gasteiger partial charge in [0.05, 0.1) is 15.5 Å². The van der Waals surface area contributed by atoms with E-state index in [0.29, 0.717) is 74.1 Å².